The van der Waals surface area contributed by atoms with Crippen LogP contribution in [0.15, 0.2) is 18.6 Å². The molecule has 1 aromatic rings. The van der Waals surface area contributed by atoms with E-state index in [1.807, 2.05) is 6.20 Å². The van der Waals surface area contributed by atoms with Crippen molar-refractivity contribution in [3.05, 3.63) is 18.6 Å². The van der Waals surface area contributed by atoms with Gasteiger partial charge in [0.05, 0.1) is 6.20 Å². The molecule has 3 fully saturated rings. The number of anilines is 1. The van der Waals surface area contributed by atoms with Crippen molar-refractivity contribution in [2.45, 2.75) is 32.1 Å². The number of carbonyl (C=O) groups is 1. The molecule has 5 nitrogen and oxygen atoms in total. The molecular formula is C17H24N4O. The van der Waals surface area contributed by atoms with Gasteiger partial charge in [-0.1, -0.05) is 6.42 Å². The first-order valence-corrected chi connectivity index (χ1v) is 8.61. The van der Waals surface area contributed by atoms with Gasteiger partial charge in [-0.25, -0.2) is 4.98 Å². The lowest BCUT2D eigenvalue weighted by Crippen LogP contribution is -2.42. The summed E-state index contributed by atoms with van der Waals surface area (Å²) in [4.78, 5) is 25.7. The molecular weight excluding hydrogens is 276 g/mol. The van der Waals surface area contributed by atoms with Crippen LogP contribution in [0, 0.1) is 17.8 Å². The number of rotatable bonds is 2. The van der Waals surface area contributed by atoms with Gasteiger partial charge >= 0.3 is 0 Å². The molecule has 2 saturated heterocycles. The standard InChI is InChI=1S/C17H24N4O/c22-17(21-11-14-2-1-3-15(14)12-21)13-4-8-20(9-5-13)16-10-18-6-7-19-16/h6-7,10,13-15H,1-5,8-9,11-12H2. The number of fused-ring (bicyclic) bond motifs is 1. The van der Waals surface area contributed by atoms with E-state index in [0.717, 1.165) is 56.7 Å². The molecule has 1 aromatic heterocycles. The molecule has 3 heterocycles. The Morgan fingerprint density at radius 2 is 1.77 bits per heavy atom. The quantitative estimate of drug-likeness (QED) is 0.837. The molecule has 0 aromatic carbocycles. The normalized spacial score (nSPS) is 28.9. The third-order valence-corrected chi connectivity index (χ3v) is 5.76. The molecule has 2 aliphatic heterocycles. The molecule has 0 spiro atoms. The highest BCUT2D eigenvalue weighted by Gasteiger charge is 2.40. The summed E-state index contributed by atoms with van der Waals surface area (Å²) < 4.78 is 0. The Kier molecular flexibility index (Phi) is 3.72. The van der Waals surface area contributed by atoms with Gasteiger partial charge in [0.15, 0.2) is 0 Å². The fourth-order valence-corrected chi connectivity index (χ4v) is 4.48. The predicted octanol–water partition coefficient (Wildman–Crippen LogP) is 1.95. The lowest BCUT2D eigenvalue weighted by atomic mass is 9.95. The maximum absolute atomic E-state index is 12.8. The Balaban J connectivity index is 1.33. The molecule has 118 valence electrons. The second kappa shape index (κ2) is 5.86. The zero-order valence-corrected chi connectivity index (χ0v) is 13.0. The number of likely N-dealkylation sites (tertiary alicyclic amines) is 1. The zero-order valence-electron chi connectivity index (χ0n) is 13.0. The number of carbonyl (C=O) groups excluding carboxylic acids is 1. The number of nitrogens with zero attached hydrogens (tertiary/aromatic N) is 4. The van der Waals surface area contributed by atoms with Gasteiger partial charge in [0.1, 0.15) is 5.82 Å². The molecule has 2 atom stereocenters. The zero-order chi connectivity index (χ0) is 14.9. The van der Waals surface area contributed by atoms with Crippen molar-refractivity contribution in [3.63, 3.8) is 0 Å². The highest BCUT2D eigenvalue weighted by Crippen LogP contribution is 2.38. The average molecular weight is 300 g/mol. The lowest BCUT2D eigenvalue weighted by Gasteiger charge is -2.33. The van der Waals surface area contributed by atoms with Gasteiger partial charge < -0.3 is 9.80 Å². The van der Waals surface area contributed by atoms with Crippen LogP contribution in [0.2, 0.25) is 0 Å². The van der Waals surface area contributed by atoms with Gasteiger partial charge in [0.25, 0.3) is 0 Å². The summed E-state index contributed by atoms with van der Waals surface area (Å²) in [6.45, 7) is 3.87. The van der Waals surface area contributed by atoms with Crippen molar-refractivity contribution in [3.8, 4) is 0 Å². The summed E-state index contributed by atoms with van der Waals surface area (Å²) >= 11 is 0. The molecule has 5 heteroatoms. The first-order chi connectivity index (χ1) is 10.8. The topological polar surface area (TPSA) is 49.3 Å². The van der Waals surface area contributed by atoms with E-state index in [9.17, 15) is 4.79 Å². The van der Waals surface area contributed by atoms with Crippen LogP contribution >= 0.6 is 0 Å². The number of piperidine rings is 1. The molecule has 2 unspecified atom stereocenters. The van der Waals surface area contributed by atoms with Crippen molar-refractivity contribution >= 4 is 11.7 Å². The maximum Gasteiger partial charge on any atom is 0.225 e. The fraction of sp³-hybridized carbons (Fsp3) is 0.706. The average Bonchev–Trinajstić information content (AvgIpc) is 3.17. The van der Waals surface area contributed by atoms with Gasteiger partial charge in [0.2, 0.25) is 5.91 Å². The summed E-state index contributed by atoms with van der Waals surface area (Å²) in [5.74, 6) is 3.15. The summed E-state index contributed by atoms with van der Waals surface area (Å²) in [7, 11) is 0. The predicted molar refractivity (Wildman–Crippen MR) is 84.4 cm³/mol. The summed E-state index contributed by atoms with van der Waals surface area (Å²) in [5, 5.41) is 0. The second-order valence-corrected chi connectivity index (χ2v) is 7.02. The Labute approximate surface area is 131 Å². The largest absolute Gasteiger partial charge is 0.355 e. The molecule has 0 radical (unpaired) electrons. The van der Waals surface area contributed by atoms with Gasteiger partial charge in [-0.2, -0.15) is 0 Å². The fourth-order valence-electron chi connectivity index (χ4n) is 4.48. The van der Waals surface area contributed by atoms with Crippen LogP contribution in [0.25, 0.3) is 0 Å². The van der Waals surface area contributed by atoms with Crippen LogP contribution in [0.4, 0.5) is 5.82 Å². The van der Waals surface area contributed by atoms with Crippen LogP contribution in [-0.4, -0.2) is 47.0 Å². The second-order valence-electron chi connectivity index (χ2n) is 7.02. The van der Waals surface area contributed by atoms with E-state index in [-0.39, 0.29) is 5.92 Å². The third-order valence-electron chi connectivity index (χ3n) is 5.76. The highest BCUT2D eigenvalue weighted by molar-refractivity contribution is 5.79. The minimum absolute atomic E-state index is 0.215. The van der Waals surface area contributed by atoms with E-state index >= 15 is 0 Å². The summed E-state index contributed by atoms with van der Waals surface area (Å²) in [6.07, 6.45) is 11.2. The van der Waals surface area contributed by atoms with E-state index in [4.69, 9.17) is 0 Å². The van der Waals surface area contributed by atoms with Crippen molar-refractivity contribution in [2.75, 3.05) is 31.1 Å². The van der Waals surface area contributed by atoms with Crippen LogP contribution in [0.1, 0.15) is 32.1 Å². The summed E-state index contributed by atoms with van der Waals surface area (Å²) in [5.41, 5.74) is 0. The van der Waals surface area contributed by atoms with Crippen LogP contribution in [-0.2, 0) is 4.79 Å². The molecule has 4 rings (SSSR count). The first kappa shape index (κ1) is 14.0. The van der Waals surface area contributed by atoms with E-state index < -0.39 is 0 Å². The molecule has 22 heavy (non-hydrogen) atoms. The van der Waals surface area contributed by atoms with E-state index in [1.54, 1.807) is 12.4 Å². The van der Waals surface area contributed by atoms with Gasteiger partial charge in [0, 0.05) is 44.5 Å². The minimum Gasteiger partial charge on any atom is -0.355 e. The van der Waals surface area contributed by atoms with Gasteiger partial charge in [-0.05, 0) is 37.5 Å². The third kappa shape index (κ3) is 2.57. The molecule has 1 amide bonds. The van der Waals surface area contributed by atoms with Crippen LogP contribution in [0.5, 0.6) is 0 Å². The number of amides is 1. The van der Waals surface area contributed by atoms with Crippen LogP contribution in [0.3, 0.4) is 0 Å². The Hall–Kier alpha value is -1.65. The van der Waals surface area contributed by atoms with Crippen molar-refractivity contribution < 1.29 is 4.79 Å². The lowest BCUT2D eigenvalue weighted by molar-refractivity contribution is -0.135. The Morgan fingerprint density at radius 3 is 2.41 bits per heavy atom. The number of aromatic nitrogens is 2. The molecule has 1 saturated carbocycles. The van der Waals surface area contributed by atoms with Crippen molar-refractivity contribution in [1.82, 2.24) is 14.9 Å². The highest BCUT2D eigenvalue weighted by atomic mass is 16.2. The number of hydrogen-bond donors (Lipinski definition) is 0. The minimum atomic E-state index is 0.215. The molecule has 3 aliphatic rings. The van der Waals surface area contributed by atoms with E-state index in [0.29, 0.717) is 5.91 Å². The molecule has 0 N–H and O–H groups in total. The van der Waals surface area contributed by atoms with Crippen molar-refractivity contribution in [1.29, 1.82) is 0 Å². The summed E-state index contributed by atoms with van der Waals surface area (Å²) in [6, 6.07) is 0. The first-order valence-electron chi connectivity index (χ1n) is 8.61. The maximum atomic E-state index is 12.8. The smallest absolute Gasteiger partial charge is 0.225 e. The molecule has 1 aliphatic carbocycles. The van der Waals surface area contributed by atoms with E-state index in [1.165, 1.54) is 19.3 Å². The van der Waals surface area contributed by atoms with E-state index in [2.05, 4.69) is 19.8 Å². The monoisotopic (exact) mass is 300 g/mol. The van der Waals surface area contributed by atoms with Gasteiger partial charge in [-0.3, -0.25) is 9.78 Å². The van der Waals surface area contributed by atoms with Crippen molar-refractivity contribution in [2.24, 2.45) is 17.8 Å². The Morgan fingerprint density at radius 1 is 1.05 bits per heavy atom. The van der Waals surface area contributed by atoms with Gasteiger partial charge in [-0.15, -0.1) is 0 Å². The number of hydrogen-bond acceptors (Lipinski definition) is 4. The Bertz CT molecular complexity index is 515. The molecule has 0 bridgehead atoms. The SMILES string of the molecule is O=C(C1CCN(c2cnccn2)CC1)N1CC2CCCC2C1. The van der Waals surface area contributed by atoms with Crippen LogP contribution < -0.4 is 4.90 Å².